The lowest BCUT2D eigenvalue weighted by Crippen LogP contribution is -2.59. The summed E-state index contributed by atoms with van der Waals surface area (Å²) in [5.41, 5.74) is 5.22. The fraction of sp³-hybridized carbons (Fsp3) is 0.571. The van der Waals surface area contributed by atoms with Crippen LogP contribution in [0.2, 0.25) is 0 Å². The summed E-state index contributed by atoms with van der Waals surface area (Å²) in [6, 6.07) is 3.62. The van der Waals surface area contributed by atoms with Crippen LogP contribution in [0.3, 0.4) is 0 Å². The van der Waals surface area contributed by atoms with Crippen molar-refractivity contribution in [3.8, 4) is 0 Å². The van der Waals surface area contributed by atoms with Crippen LogP contribution < -0.4 is 10.5 Å². The maximum absolute atomic E-state index is 13.4. The first-order valence-electron chi connectivity index (χ1n) is 7.00. The highest BCUT2D eigenvalue weighted by molar-refractivity contribution is 9.10. The molecule has 3 N–H and O–H groups in total. The average molecular weight is 416 g/mol. The highest BCUT2D eigenvalue weighted by Crippen LogP contribution is 2.35. The van der Waals surface area contributed by atoms with Crippen LogP contribution in [0.5, 0.6) is 0 Å². The zero-order valence-electron chi connectivity index (χ0n) is 12.3. The highest BCUT2D eigenvalue weighted by atomic mass is 79.9. The topological polar surface area (TPSA) is 72.2 Å². The van der Waals surface area contributed by atoms with Gasteiger partial charge in [-0.25, -0.2) is 17.5 Å². The third kappa shape index (κ3) is 4.00. The predicted molar refractivity (Wildman–Crippen MR) is 91.1 cm³/mol. The standard InChI is InChI=1S/C14H20BrFN2O2S.ClH/c1-10-4-2-3-7-14(10,9-17)18-21(19,20)13-8-11(16)5-6-12(13)15;/h5-6,8,10,18H,2-4,7,9,17H2,1H3;1H. The summed E-state index contributed by atoms with van der Waals surface area (Å²) in [5.74, 6) is -0.435. The van der Waals surface area contributed by atoms with E-state index in [9.17, 15) is 12.8 Å². The molecule has 1 aliphatic rings. The average Bonchev–Trinajstić information content (AvgIpc) is 2.44. The molecule has 2 unspecified atom stereocenters. The smallest absolute Gasteiger partial charge is 0.242 e. The van der Waals surface area contributed by atoms with E-state index in [0.29, 0.717) is 10.9 Å². The van der Waals surface area contributed by atoms with E-state index in [1.54, 1.807) is 0 Å². The minimum Gasteiger partial charge on any atom is -0.329 e. The predicted octanol–water partition coefficient (Wildman–Crippen LogP) is 3.20. The van der Waals surface area contributed by atoms with Gasteiger partial charge in [0.25, 0.3) is 0 Å². The van der Waals surface area contributed by atoms with Crippen molar-refractivity contribution in [1.82, 2.24) is 4.72 Å². The van der Waals surface area contributed by atoms with Crippen LogP contribution in [0.25, 0.3) is 0 Å². The van der Waals surface area contributed by atoms with E-state index in [-0.39, 0.29) is 29.8 Å². The monoisotopic (exact) mass is 414 g/mol. The molecule has 0 bridgehead atoms. The molecule has 1 aromatic carbocycles. The maximum Gasteiger partial charge on any atom is 0.242 e. The largest absolute Gasteiger partial charge is 0.329 e. The fourth-order valence-electron chi connectivity index (χ4n) is 2.92. The third-order valence-electron chi connectivity index (χ3n) is 4.34. The molecule has 1 saturated carbocycles. The molecule has 1 aliphatic carbocycles. The Bertz CT molecular complexity index is 629. The van der Waals surface area contributed by atoms with E-state index in [1.165, 1.54) is 12.1 Å². The van der Waals surface area contributed by atoms with E-state index in [0.717, 1.165) is 25.3 Å². The first-order chi connectivity index (χ1) is 9.81. The number of hydrogen-bond donors (Lipinski definition) is 2. The molecule has 0 aliphatic heterocycles. The summed E-state index contributed by atoms with van der Waals surface area (Å²) in [6.07, 6.45) is 3.66. The molecule has 4 nitrogen and oxygen atoms in total. The van der Waals surface area contributed by atoms with Gasteiger partial charge in [0.2, 0.25) is 10.0 Å². The van der Waals surface area contributed by atoms with E-state index >= 15 is 0 Å². The Morgan fingerprint density at radius 1 is 1.45 bits per heavy atom. The molecule has 0 saturated heterocycles. The number of hydrogen-bond acceptors (Lipinski definition) is 3. The van der Waals surface area contributed by atoms with Crippen molar-refractivity contribution in [3.05, 3.63) is 28.5 Å². The van der Waals surface area contributed by atoms with Gasteiger partial charge in [-0.2, -0.15) is 0 Å². The molecule has 0 heterocycles. The number of sulfonamides is 1. The molecule has 8 heteroatoms. The van der Waals surface area contributed by atoms with Gasteiger partial charge in [0.05, 0.1) is 4.90 Å². The summed E-state index contributed by atoms with van der Waals surface area (Å²) in [4.78, 5) is -0.0897. The van der Waals surface area contributed by atoms with Crippen molar-refractivity contribution in [2.24, 2.45) is 11.7 Å². The van der Waals surface area contributed by atoms with Crippen LogP contribution in [0.4, 0.5) is 4.39 Å². The zero-order chi connectivity index (χ0) is 15.7. The molecule has 1 fully saturated rings. The summed E-state index contributed by atoms with van der Waals surface area (Å²) in [6.45, 7) is 2.25. The molecule has 0 radical (unpaired) electrons. The molecule has 0 amide bonds. The van der Waals surface area contributed by atoms with Gasteiger partial charge in [-0.05, 0) is 52.9 Å². The quantitative estimate of drug-likeness (QED) is 0.793. The minimum atomic E-state index is -3.83. The van der Waals surface area contributed by atoms with Crippen molar-refractivity contribution >= 4 is 38.4 Å². The van der Waals surface area contributed by atoms with Gasteiger partial charge in [0.1, 0.15) is 5.82 Å². The molecule has 2 rings (SSSR count). The number of nitrogens with one attached hydrogen (secondary N) is 1. The van der Waals surface area contributed by atoms with E-state index in [2.05, 4.69) is 20.7 Å². The van der Waals surface area contributed by atoms with Crippen LogP contribution >= 0.6 is 28.3 Å². The highest BCUT2D eigenvalue weighted by Gasteiger charge is 2.41. The lowest BCUT2D eigenvalue weighted by molar-refractivity contribution is 0.191. The van der Waals surface area contributed by atoms with Gasteiger partial charge in [-0.3, -0.25) is 0 Å². The van der Waals surface area contributed by atoms with Crippen LogP contribution in [0.1, 0.15) is 32.6 Å². The van der Waals surface area contributed by atoms with Gasteiger partial charge in [-0.1, -0.05) is 19.8 Å². The molecular formula is C14H21BrClFN2O2S. The normalized spacial score (nSPS) is 25.5. The maximum atomic E-state index is 13.4. The Morgan fingerprint density at radius 2 is 2.14 bits per heavy atom. The molecule has 0 spiro atoms. The number of benzene rings is 1. The van der Waals surface area contributed by atoms with Crippen molar-refractivity contribution in [2.45, 2.75) is 43.0 Å². The molecule has 22 heavy (non-hydrogen) atoms. The van der Waals surface area contributed by atoms with Gasteiger partial charge in [-0.15, -0.1) is 12.4 Å². The summed E-state index contributed by atoms with van der Waals surface area (Å²) >= 11 is 3.17. The molecular weight excluding hydrogens is 395 g/mol. The first-order valence-corrected chi connectivity index (χ1v) is 9.27. The second kappa shape index (κ2) is 7.57. The van der Waals surface area contributed by atoms with E-state index in [1.807, 2.05) is 6.92 Å². The van der Waals surface area contributed by atoms with Crippen LogP contribution in [-0.2, 0) is 10.0 Å². The van der Waals surface area contributed by atoms with Crippen molar-refractivity contribution in [2.75, 3.05) is 6.54 Å². The molecule has 0 aromatic heterocycles. The summed E-state index contributed by atoms with van der Waals surface area (Å²) < 4.78 is 41.7. The Balaban J connectivity index is 0.00000242. The van der Waals surface area contributed by atoms with Crippen LogP contribution in [0, 0.1) is 11.7 Å². The fourth-order valence-corrected chi connectivity index (χ4v) is 5.43. The zero-order valence-corrected chi connectivity index (χ0v) is 15.5. The van der Waals surface area contributed by atoms with E-state index < -0.39 is 21.4 Å². The van der Waals surface area contributed by atoms with Crippen LogP contribution in [0.15, 0.2) is 27.6 Å². The summed E-state index contributed by atoms with van der Waals surface area (Å²) in [7, 11) is -3.83. The Kier molecular flexibility index (Phi) is 6.83. The van der Waals surface area contributed by atoms with Gasteiger partial charge < -0.3 is 5.73 Å². The first kappa shape index (κ1) is 19.8. The minimum absolute atomic E-state index is 0. The number of halogens is 3. The van der Waals surface area contributed by atoms with Crippen molar-refractivity contribution < 1.29 is 12.8 Å². The Morgan fingerprint density at radius 3 is 2.73 bits per heavy atom. The summed E-state index contributed by atoms with van der Waals surface area (Å²) in [5, 5.41) is 0. The van der Waals surface area contributed by atoms with Crippen molar-refractivity contribution in [1.29, 1.82) is 0 Å². The number of nitrogens with two attached hydrogens (primary N) is 1. The second-order valence-electron chi connectivity index (χ2n) is 5.69. The SMILES string of the molecule is CC1CCCCC1(CN)NS(=O)(=O)c1cc(F)ccc1Br.Cl. The van der Waals surface area contributed by atoms with Crippen molar-refractivity contribution in [3.63, 3.8) is 0 Å². The van der Waals surface area contributed by atoms with Gasteiger partial charge in [0.15, 0.2) is 0 Å². The molecule has 126 valence electrons. The van der Waals surface area contributed by atoms with Gasteiger partial charge >= 0.3 is 0 Å². The van der Waals surface area contributed by atoms with Gasteiger partial charge in [0, 0.05) is 16.6 Å². The molecule has 1 aromatic rings. The molecule has 2 atom stereocenters. The van der Waals surface area contributed by atoms with E-state index in [4.69, 9.17) is 5.73 Å². The second-order valence-corrected chi connectivity index (χ2v) is 8.19. The Hall–Kier alpha value is -0.210. The third-order valence-corrected chi connectivity index (χ3v) is 6.88. The lowest BCUT2D eigenvalue weighted by atomic mass is 9.74. The Labute approximate surface area is 145 Å². The number of rotatable bonds is 4. The van der Waals surface area contributed by atoms with Crippen LogP contribution in [-0.4, -0.2) is 20.5 Å². The lowest BCUT2D eigenvalue weighted by Gasteiger charge is -2.42.